The average Bonchev–Trinajstić information content (AvgIpc) is 3.49. The van der Waals surface area contributed by atoms with Gasteiger partial charge < -0.3 is 4.74 Å². The van der Waals surface area contributed by atoms with Gasteiger partial charge in [-0.1, -0.05) is 20.8 Å². The summed E-state index contributed by atoms with van der Waals surface area (Å²) in [6.45, 7) is 7.56. The standard InChI is InChI=1S/C26H33FO4/c1-5-23(30)31-26(14(3)28)10-8-18-15-12-21(27)20-13-22(29)16-11-19(16)24(20,4)17(15)7-9-25(18,26)6-2/h12-13,15-19H,5-11H2,1-4H3/t15-,16?,17-,18+,19?,24-,25+,26-/m1/s1. The molecule has 5 heteroatoms. The van der Waals surface area contributed by atoms with Crippen LogP contribution in [-0.2, 0) is 19.1 Å². The Kier molecular flexibility index (Phi) is 4.50. The number of allylic oxidation sites excluding steroid dienone is 4. The summed E-state index contributed by atoms with van der Waals surface area (Å²) in [5.41, 5.74) is -1.26. The number of ether oxygens (including phenoxy) is 1. The van der Waals surface area contributed by atoms with Gasteiger partial charge >= 0.3 is 5.97 Å². The predicted molar refractivity (Wildman–Crippen MR) is 113 cm³/mol. The van der Waals surface area contributed by atoms with Crippen molar-refractivity contribution in [3.63, 3.8) is 0 Å². The second-order valence-electron chi connectivity index (χ2n) is 10.8. The van der Waals surface area contributed by atoms with E-state index < -0.39 is 11.0 Å². The number of carbonyl (C=O) groups is 3. The fourth-order valence-electron chi connectivity index (χ4n) is 8.53. The van der Waals surface area contributed by atoms with Crippen molar-refractivity contribution >= 4 is 17.5 Å². The lowest BCUT2D eigenvalue weighted by Crippen LogP contribution is -2.59. The van der Waals surface area contributed by atoms with E-state index in [1.165, 1.54) is 0 Å². The molecule has 0 saturated heterocycles. The lowest BCUT2D eigenvalue weighted by Gasteiger charge is -2.58. The third-order valence-corrected chi connectivity index (χ3v) is 10.1. The molecule has 0 aliphatic heterocycles. The molecular weight excluding hydrogens is 395 g/mol. The summed E-state index contributed by atoms with van der Waals surface area (Å²) in [6.07, 6.45) is 8.11. The van der Waals surface area contributed by atoms with Gasteiger partial charge in [0.05, 0.1) is 0 Å². The Hall–Kier alpha value is -1.78. The van der Waals surface area contributed by atoms with Crippen molar-refractivity contribution in [3.8, 4) is 0 Å². The van der Waals surface area contributed by atoms with Crippen LogP contribution in [0.4, 0.5) is 4.39 Å². The molecule has 0 spiro atoms. The molecule has 2 unspecified atom stereocenters. The lowest BCUT2D eigenvalue weighted by atomic mass is 9.46. The topological polar surface area (TPSA) is 60.4 Å². The van der Waals surface area contributed by atoms with Gasteiger partial charge in [-0.2, -0.15) is 0 Å². The van der Waals surface area contributed by atoms with Gasteiger partial charge in [-0.25, -0.2) is 4.39 Å². The quantitative estimate of drug-likeness (QED) is 0.583. The molecule has 31 heavy (non-hydrogen) atoms. The molecule has 0 radical (unpaired) electrons. The number of esters is 1. The van der Waals surface area contributed by atoms with Crippen molar-refractivity contribution in [2.24, 2.45) is 40.4 Å². The summed E-state index contributed by atoms with van der Waals surface area (Å²) in [5, 5.41) is 0. The zero-order valence-corrected chi connectivity index (χ0v) is 19.0. The summed E-state index contributed by atoms with van der Waals surface area (Å²) in [5.74, 6) is 0.0868. The first-order valence-electron chi connectivity index (χ1n) is 12.0. The third kappa shape index (κ3) is 2.44. The highest BCUT2D eigenvalue weighted by Crippen LogP contribution is 2.72. The van der Waals surface area contributed by atoms with E-state index in [1.54, 1.807) is 26.0 Å². The second-order valence-corrected chi connectivity index (χ2v) is 10.8. The molecule has 0 bridgehead atoms. The fraction of sp³-hybridized carbons (Fsp3) is 0.731. The molecule has 168 valence electrons. The molecule has 0 aromatic rings. The van der Waals surface area contributed by atoms with Crippen molar-refractivity contribution in [1.29, 1.82) is 0 Å². The highest BCUT2D eigenvalue weighted by atomic mass is 19.1. The first kappa shape index (κ1) is 21.1. The SMILES string of the molecule is CCC(=O)O[C@@]1(C(C)=O)CC[C@H]2[C@@H]3C=C(F)C4=CC(=O)C5CC5[C@@]4(C)[C@@H]3CC[C@@]21CC. The van der Waals surface area contributed by atoms with E-state index in [2.05, 4.69) is 13.8 Å². The van der Waals surface area contributed by atoms with Gasteiger partial charge in [-0.05, 0) is 86.8 Å². The molecule has 5 aliphatic carbocycles. The summed E-state index contributed by atoms with van der Waals surface area (Å²) in [4.78, 5) is 37.8. The average molecular weight is 429 g/mol. The van der Waals surface area contributed by atoms with Gasteiger partial charge in [0.15, 0.2) is 17.2 Å². The molecule has 3 saturated carbocycles. The van der Waals surface area contributed by atoms with Crippen molar-refractivity contribution in [1.82, 2.24) is 0 Å². The maximum Gasteiger partial charge on any atom is 0.306 e. The summed E-state index contributed by atoms with van der Waals surface area (Å²) in [6, 6.07) is 0. The zero-order valence-electron chi connectivity index (χ0n) is 19.0. The van der Waals surface area contributed by atoms with Crippen LogP contribution in [0.15, 0.2) is 23.6 Å². The minimum Gasteiger partial charge on any atom is -0.450 e. The molecule has 0 amide bonds. The van der Waals surface area contributed by atoms with E-state index in [0.717, 1.165) is 32.1 Å². The molecule has 0 heterocycles. The molecule has 0 aromatic carbocycles. The molecule has 8 atom stereocenters. The Labute approximate surface area is 183 Å². The van der Waals surface area contributed by atoms with E-state index in [9.17, 15) is 14.4 Å². The van der Waals surface area contributed by atoms with Crippen molar-refractivity contribution in [2.75, 3.05) is 0 Å². The molecular formula is C26H33FO4. The van der Waals surface area contributed by atoms with Gasteiger partial charge in [-0.3, -0.25) is 14.4 Å². The Morgan fingerprint density at radius 1 is 1.16 bits per heavy atom. The van der Waals surface area contributed by atoms with Crippen LogP contribution < -0.4 is 0 Å². The van der Waals surface area contributed by atoms with Crippen LogP contribution in [0.25, 0.3) is 0 Å². The van der Waals surface area contributed by atoms with Gasteiger partial charge in [0, 0.05) is 23.2 Å². The van der Waals surface area contributed by atoms with E-state index in [-0.39, 0.29) is 64.8 Å². The summed E-state index contributed by atoms with van der Waals surface area (Å²) < 4.78 is 21.5. The first-order valence-corrected chi connectivity index (χ1v) is 12.0. The summed E-state index contributed by atoms with van der Waals surface area (Å²) >= 11 is 0. The van der Waals surface area contributed by atoms with Crippen LogP contribution in [0.5, 0.6) is 0 Å². The summed E-state index contributed by atoms with van der Waals surface area (Å²) in [7, 11) is 0. The third-order valence-electron chi connectivity index (χ3n) is 10.1. The number of halogens is 1. The monoisotopic (exact) mass is 428 g/mol. The molecule has 0 aromatic heterocycles. The van der Waals surface area contributed by atoms with Crippen LogP contribution in [-0.4, -0.2) is 23.1 Å². The predicted octanol–water partition coefficient (Wildman–Crippen LogP) is 5.12. The highest BCUT2D eigenvalue weighted by Gasteiger charge is 2.71. The number of ketones is 2. The molecule has 4 nitrogen and oxygen atoms in total. The number of Topliss-reactive ketones (excluding diaryl/α,β-unsaturated/α-hetero) is 1. The normalized spacial score (nSPS) is 47.3. The minimum absolute atomic E-state index is 0.00635. The Morgan fingerprint density at radius 2 is 1.87 bits per heavy atom. The van der Waals surface area contributed by atoms with Crippen LogP contribution in [0, 0.1) is 40.4 Å². The fourth-order valence-corrected chi connectivity index (χ4v) is 8.53. The number of carbonyl (C=O) groups excluding carboxylic acids is 3. The van der Waals surface area contributed by atoms with Crippen molar-refractivity contribution in [2.45, 2.75) is 78.2 Å². The van der Waals surface area contributed by atoms with Gasteiger partial charge in [0.25, 0.3) is 0 Å². The Balaban J connectivity index is 1.60. The van der Waals surface area contributed by atoms with Gasteiger partial charge in [0.1, 0.15) is 5.83 Å². The van der Waals surface area contributed by atoms with Crippen LogP contribution in [0.3, 0.4) is 0 Å². The van der Waals surface area contributed by atoms with Gasteiger partial charge in [-0.15, -0.1) is 0 Å². The van der Waals surface area contributed by atoms with Crippen molar-refractivity contribution in [3.05, 3.63) is 23.6 Å². The second kappa shape index (κ2) is 6.62. The maximum atomic E-state index is 15.5. The van der Waals surface area contributed by atoms with Crippen LogP contribution >= 0.6 is 0 Å². The number of hydrogen-bond donors (Lipinski definition) is 0. The number of rotatable bonds is 4. The number of hydrogen-bond acceptors (Lipinski definition) is 4. The van der Waals surface area contributed by atoms with E-state index in [4.69, 9.17) is 4.74 Å². The van der Waals surface area contributed by atoms with Crippen molar-refractivity contribution < 1.29 is 23.5 Å². The van der Waals surface area contributed by atoms with Gasteiger partial charge in [0.2, 0.25) is 0 Å². The smallest absolute Gasteiger partial charge is 0.306 e. The van der Waals surface area contributed by atoms with E-state index in [0.29, 0.717) is 12.0 Å². The lowest BCUT2D eigenvalue weighted by molar-refractivity contribution is -0.190. The zero-order chi connectivity index (χ0) is 22.3. The van der Waals surface area contributed by atoms with E-state index >= 15 is 4.39 Å². The minimum atomic E-state index is -1.10. The first-order chi connectivity index (χ1) is 14.7. The maximum absolute atomic E-state index is 15.5. The molecule has 3 fully saturated rings. The van der Waals surface area contributed by atoms with Crippen LogP contribution in [0.1, 0.15) is 72.6 Å². The van der Waals surface area contributed by atoms with Crippen LogP contribution in [0.2, 0.25) is 0 Å². The number of fused-ring (bicyclic) bond motifs is 7. The Morgan fingerprint density at radius 3 is 2.52 bits per heavy atom. The molecule has 0 N–H and O–H groups in total. The van der Waals surface area contributed by atoms with E-state index in [1.807, 2.05) is 0 Å². The Bertz CT molecular complexity index is 934. The highest BCUT2D eigenvalue weighted by molar-refractivity contribution is 5.97. The largest absolute Gasteiger partial charge is 0.450 e. The molecule has 5 aliphatic rings. The molecule has 5 rings (SSSR count).